The van der Waals surface area contributed by atoms with E-state index < -0.39 is 22.0 Å². The summed E-state index contributed by atoms with van der Waals surface area (Å²) in [5, 5.41) is 6.59. The van der Waals surface area contributed by atoms with Gasteiger partial charge in [0, 0.05) is 5.56 Å². The number of carbonyl (C=O) groups is 1. The number of amides is 1. The van der Waals surface area contributed by atoms with Gasteiger partial charge in [0.15, 0.2) is 0 Å². The van der Waals surface area contributed by atoms with Crippen molar-refractivity contribution in [1.82, 2.24) is 15.5 Å². The average molecular weight is 445 g/mol. The second-order valence-electron chi connectivity index (χ2n) is 7.03. The lowest BCUT2D eigenvalue weighted by Gasteiger charge is -2.28. The summed E-state index contributed by atoms with van der Waals surface area (Å²) in [6.45, 7) is 3.44. The highest BCUT2D eigenvalue weighted by atomic mass is 32.2. The molecule has 31 heavy (non-hydrogen) atoms. The molecular formula is C21H24N4O5S. The molecule has 0 aliphatic carbocycles. The average Bonchev–Trinajstić information content (AvgIpc) is 3.20. The van der Waals surface area contributed by atoms with E-state index in [1.54, 1.807) is 24.3 Å². The first kappa shape index (κ1) is 22.3. The van der Waals surface area contributed by atoms with Gasteiger partial charge in [-0.3, -0.25) is 9.10 Å². The van der Waals surface area contributed by atoms with Crippen LogP contribution in [0.15, 0.2) is 53.1 Å². The first-order chi connectivity index (χ1) is 14.7. The van der Waals surface area contributed by atoms with E-state index in [1.165, 1.54) is 14.0 Å². The van der Waals surface area contributed by atoms with Crippen molar-refractivity contribution in [1.29, 1.82) is 0 Å². The van der Waals surface area contributed by atoms with E-state index in [-0.39, 0.29) is 12.4 Å². The van der Waals surface area contributed by atoms with Crippen molar-refractivity contribution in [2.24, 2.45) is 0 Å². The summed E-state index contributed by atoms with van der Waals surface area (Å²) in [6, 6.07) is 13.1. The first-order valence-corrected chi connectivity index (χ1v) is 11.3. The molecule has 1 amide bonds. The predicted octanol–water partition coefficient (Wildman–Crippen LogP) is 2.52. The first-order valence-electron chi connectivity index (χ1n) is 9.50. The number of hydrogen-bond acceptors (Lipinski definition) is 7. The standard InChI is InChI=1S/C21H24N4O5S/c1-14-6-5-7-16(12-14)20-23-19(30-24-20)13-22-21(26)15(2)25(31(4,27)28)17-8-10-18(29-3)11-9-17/h5-12,15H,13H2,1-4H3,(H,22,26)/t15-/m1/s1. The molecule has 0 radical (unpaired) electrons. The van der Waals surface area contributed by atoms with Crippen LogP contribution in [0.3, 0.4) is 0 Å². The number of nitrogens with zero attached hydrogens (tertiary/aromatic N) is 3. The van der Waals surface area contributed by atoms with Gasteiger partial charge in [0.2, 0.25) is 27.6 Å². The van der Waals surface area contributed by atoms with Crippen molar-refractivity contribution in [2.75, 3.05) is 17.7 Å². The number of aromatic nitrogens is 2. The number of sulfonamides is 1. The summed E-state index contributed by atoms with van der Waals surface area (Å²) in [5.74, 6) is 0.705. The van der Waals surface area contributed by atoms with Crippen molar-refractivity contribution in [2.45, 2.75) is 26.4 Å². The van der Waals surface area contributed by atoms with E-state index in [9.17, 15) is 13.2 Å². The number of methoxy groups -OCH3 is 1. The molecule has 1 N–H and O–H groups in total. The van der Waals surface area contributed by atoms with E-state index in [1.807, 2.05) is 31.2 Å². The lowest BCUT2D eigenvalue weighted by molar-refractivity contribution is -0.122. The lowest BCUT2D eigenvalue weighted by atomic mass is 10.1. The molecule has 9 nitrogen and oxygen atoms in total. The lowest BCUT2D eigenvalue weighted by Crippen LogP contribution is -2.47. The van der Waals surface area contributed by atoms with Gasteiger partial charge in [-0.2, -0.15) is 4.98 Å². The predicted molar refractivity (Wildman–Crippen MR) is 116 cm³/mol. The zero-order chi connectivity index (χ0) is 22.6. The molecule has 1 atom stereocenters. The van der Waals surface area contributed by atoms with E-state index in [0.717, 1.165) is 21.7 Å². The number of ether oxygens (including phenoxy) is 1. The monoisotopic (exact) mass is 444 g/mol. The van der Waals surface area contributed by atoms with Gasteiger partial charge in [-0.25, -0.2) is 8.42 Å². The molecule has 0 fully saturated rings. The van der Waals surface area contributed by atoms with Crippen molar-refractivity contribution in [3.8, 4) is 17.1 Å². The third kappa shape index (κ3) is 5.40. The van der Waals surface area contributed by atoms with Crippen LogP contribution in [0.5, 0.6) is 5.75 Å². The highest BCUT2D eigenvalue weighted by Crippen LogP contribution is 2.24. The SMILES string of the molecule is COc1ccc(N([C@H](C)C(=O)NCc2nc(-c3cccc(C)c3)no2)S(C)(=O)=O)cc1. The summed E-state index contributed by atoms with van der Waals surface area (Å²) < 4.78 is 36.1. The van der Waals surface area contributed by atoms with E-state index >= 15 is 0 Å². The Morgan fingerprint density at radius 2 is 1.94 bits per heavy atom. The molecule has 2 aromatic carbocycles. The Morgan fingerprint density at radius 3 is 2.55 bits per heavy atom. The molecular weight excluding hydrogens is 420 g/mol. The molecule has 0 saturated carbocycles. The van der Waals surface area contributed by atoms with Crippen LogP contribution < -0.4 is 14.4 Å². The van der Waals surface area contributed by atoms with Gasteiger partial charge in [-0.05, 0) is 44.2 Å². The van der Waals surface area contributed by atoms with Crippen LogP contribution in [0, 0.1) is 6.92 Å². The van der Waals surface area contributed by atoms with Crippen molar-refractivity contribution in [3.63, 3.8) is 0 Å². The fourth-order valence-corrected chi connectivity index (χ4v) is 4.25. The maximum Gasteiger partial charge on any atom is 0.246 e. The quantitative estimate of drug-likeness (QED) is 0.568. The molecule has 3 rings (SSSR count). The second kappa shape index (κ2) is 9.17. The second-order valence-corrected chi connectivity index (χ2v) is 8.89. The van der Waals surface area contributed by atoms with Crippen LogP contribution in [0.4, 0.5) is 5.69 Å². The molecule has 0 unspecified atom stereocenters. The highest BCUT2D eigenvalue weighted by molar-refractivity contribution is 7.92. The summed E-state index contributed by atoms with van der Waals surface area (Å²) in [4.78, 5) is 17.0. The van der Waals surface area contributed by atoms with Crippen LogP contribution in [0.2, 0.25) is 0 Å². The smallest absolute Gasteiger partial charge is 0.246 e. The fourth-order valence-electron chi connectivity index (χ4n) is 3.08. The third-order valence-electron chi connectivity index (χ3n) is 4.57. The van der Waals surface area contributed by atoms with Gasteiger partial charge in [0.1, 0.15) is 11.8 Å². The number of hydrogen-bond donors (Lipinski definition) is 1. The molecule has 0 bridgehead atoms. The maximum atomic E-state index is 12.7. The van der Waals surface area contributed by atoms with Crippen LogP contribution in [0.1, 0.15) is 18.4 Å². The van der Waals surface area contributed by atoms with Crippen LogP contribution in [-0.2, 0) is 21.4 Å². The summed E-state index contributed by atoms with van der Waals surface area (Å²) in [7, 11) is -2.21. The Bertz CT molecular complexity index is 1160. The molecule has 0 saturated heterocycles. The van der Waals surface area contributed by atoms with Gasteiger partial charge >= 0.3 is 0 Å². The van der Waals surface area contributed by atoms with Gasteiger partial charge < -0.3 is 14.6 Å². The van der Waals surface area contributed by atoms with Crippen molar-refractivity contribution in [3.05, 3.63) is 60.0 Å². The number of anilines is 1. The van der Waals surface area contributed by atoms with E-state index in [4.69, 9.17) is 9.26 Å². The Morgan fingerprint density at radius 1 is 1.23 bits per heavy atom. The van der Waals surface area contributed by atoms with Gasteiger partial charge in [-0.1, -0.05) is 28.9 Å². The minimum absolute atomic E-state index is 0.0256. The number of rotatable bonds is 8. The van der Waals surface area contributed by atoms with Crippen LogP contribution >= 0.6 is 0 Å². The fraction of sp³-hybridized carbons (Fsp3) is 0.286. The summed E-state index contributed by atoms with van der Waals surface area (Å²) >= 11 is 0. The maximum absolute atomic E-state index is 12.7. The molecule has 1 aromatic heterocycles. The molecule has 0 spiro atoms. The van der Waals surface area contributed by atoms with Gasteiger partial charge in [-0.15, -0.1) is 0 Å². The third-order valence-corrected chi connectivity index (χ3v) is 5.82. The molecule has 3 aromatic rings. The molecule has 164 valence electrons. The molecule has 1 heterocycles. The number of nitrogens with one attached hydrogen (secondary N) is 1. The van der Waals surface area contributed by atoms with Gasteiger partial charge in [0.05, 0.1) is 25.6 Å². The van der Waals surface area contributed by atoms with Gasteiger partial charge in [0.25, 0.3) is 0 Å². The summed E-state index contributed by atoms with van der Waals surface area (Å²) in [6.07, 6.45) is 1.05. The Kier molecular flexibility index (Phi) is 6.59. The normalized spacial score (nSPS) is 12.3. The number of benzene rings is 2. The Labute approximate surface area is 181 Å². The topological polar surface area (TPSA) is 115 Å². The number of aryl methyl sites for hydroxylation is 1. The molecule has 10 heteroatoms. The van der Waals surface area contributed by atoms with Crippen LogP contribution in [0.25, 0.3) is 11.4 Å². The minimum atomic E-state index is -3.72. The highest BCUT2D eigenvalue weighted by Gasteiger charge is 2.29. The van der Waals surface area contributed by atoms with Crippen molar-refractivity contribution >= 4 is 21.6 Å². The Hall–Kier alpha value is -3.40. The zero-order valence-corrected chi connectivity index (χ0v) is 18.5. The van der Waals surface area contributed by atoms with Crippen LogP contribution in [-0.4, -0.2) is 43.9 Å². The summed E-state index contributed by atoms with van der Waals surface area (Å²) in [5.41, 5.74) is 2.22. The minimum Gasteiger partial charge on any atom is -0.497 e. The molecule has 0 aliphatic heterocycles. The number of carbonyl (C=O) groups excluding carboxylic acids is 1. The van der Waals surface area contributed by atoms with E-state index in [0.29, 0.717) is 17.3 Å². The molecule has 0 aliphatic rings. The van der Waals surface area contributed by atoms with Crippen molar-refractivity contribution < 1.29 is 22.5 Å². The van der Waals surface area contributed by atoms with E-state index in [2.05, 4.69) is 15.5 Å². The Balaban J connectivity index is 1.71. The zero-order valence-electron chi connectivity index (χ0n) is 17.7. The largest absolute Gasteiger partial charge is 0.497 e.